The van der Waals surface area contributed by atoms with E-state index < -0.39 is 11.9 Å². The molecule has 0 aliphatic rings. The number of fused-ring (bicyclic) bond motifs is 1. The largest absolute Gasteiger partial charge is 0.497 e. The number of ether oxygens (including phenoxy) is 1. The zero-order valence-corrected chi connectivity index (χ0v) is 12.6. The van der Waals surface area contributed by atoms with Crippen LogP contribution in [0.2, 0.25) is 0 Å². The highest BCUT2D eigenvalue weighted by molar-refractivity contribution is 5.97. The van der Waals surface area contributed by atoms with Gasteiger partial charge in [-0.1, -0.05) is 30.3 Å². The predicted octanol–water partition coefficient (Wildman–Crippen LogP) is 5.24. The van der Waals surface area contributed by atoms with Gasteiger partial charge in [0.05, 0.1) is 12.6 Å². The van der Waals surface area contributed by atoms with Crippen LogP contribution in [0.15, 0.2) is 48.5 Å². The van der Waals surface area contributed by atoms with E-state index in [1.165, 1.54) is 14.0 Å². The summed E-state index contributed by atoms with van der Waals surface area (Å²) in [4.78, 5) is 3.83. The number of aromatic nitrogens is 1. The van der Waals surface area contributed by atoms with E-state index in [9.17, 15) is 13.2 Å². The molecule has 0 aliphatic carbocycles. The minimum atomic E-state index is -4.50. The van der Waals surface area contributed by atoms with Gasteiger partial charge < -0.3 is 4.74 Å². The third-order valence-corrected chi connectivity index (χ3v) is 3.77. The molecule has 0 radical (unpaired) electrons. The van der Waals surface area contributed by atoms with Crippen molar-refractivity contribution in [2.75, 3.05) is 7.11 Å². The van der Waals surface area contributed by atoms with Gasteiger partial charge in [-0.25, -0.2) is 4.98 Å². The summed E-state index contributed by atoms with van der Waals surface area (Å²) in [6.07, 6.45) is -4.50. The second kappa shape index (κ2) is 5.57. The van der Waals surface area contributed by atoms with E-state index in [2.05, 4.69) is 4.98 Å². The van der Waals surface area contributed by atoms with Crippen LogP contribution in [0, 0.1) is 6.92 Å². The minimum Gasteiger partial charge on any atom is -0.497 e. The van der Waals surface area contributed by atoms with Crippen molar-refractivity contribution in [3.63, 3.8) is 0 Å². The van der Waals surface area contributed by atoms with Crippen molar-refractivity contribution in [2.24, 2.45) is 0 Å². The molecule has 2 aromatic carbocycles. The summed E-state index contributed by atoms with van der Waals surface area (Å²) in [5.41, 5.74) is 0.805. The highest BCUT2D eigenvalue weighted by Gasteiger charge is 2.36. The summed E-state index contributed by atoms with van der Waals surface area (Å²) < 4.78 is 45.2. The number of benzene rings is 2. The van der Waals surface area contributed by atoms with Gasteiger partial charge in [-0.15, -0.1) is 0 Å². The lowest BCUT2D eigenvalue weighted by Crippen LogP contribution is -2.12. The van der Waals surface area contributed by atoms with Gasteiger partial charge in [-0.3, -0.25) is 0 Å². The Balaban J connectivity index is 2.43. The lowest BCUT2D eigenvalue weighted by molar-refractivity contribution is -0.141. The van der Waals surface area contributed by atoms with E-state index in [4.69, 9.17) is 4.74 Å². The van der Waals surface area contributed by atoms with Crippen LogP contribution in [0.1, 0.15) is 11.3 Å². The Morgan fingerprint density at radius 3 is 2.30 bits per heavy atom. The number of hydrogen-bond donors (Lipinski definition) is 0. The molecule has 0 saturated heterocycles. The van der Waals surface area contributed by atoms with E-state index >= 15 is 0 Å². The van der Waals surface area contributed by atoms with Gasteiger partial charge in [0.15, 0.2) is 0 Å². The van der Waals surface area contributed by atoms with Gasteiger partial charge in [0.25, 0.3) is 0 Å². The molecule has 0 fully saturated rings. The Labute approximate surface area is 131 Å². The third-order valence-electron chi connectivity index (χ3n) is 3.77. The molecule has 5 heteroatoms. The van der Waals surface area contributed by atoms with Gasteiger partial charge in [-0.05, 0) is 41.8 Å². The number of hydrogen-bond acceptors (Lipinski definition) is 2. The molecular formula is C18H14F3NO. The molecular weight excluding hydrogens is 303 g/mol. The average molecular weight is 317 g/mol. The van der Waals surface area contributed by atoms with Crippen LogP contribution in [-0.4, -0.2) is 12.1 Å². The Kier molecular flexibility index (Phi) is 3.72. The van der Waals surface area contributed by atoms with Crippen molar-refractivity contribution in [2.45, 2.75) is 13.1 Å². The first-order chi connectivity index (χ1) is 10.9. The Morgan fingerprint density at radius 1 is 1.00 bits per heavy atom. The lowest BCUT2D eigenvalue weighted by Gasteiger charge is -2.17. The smallest absolute Gasteiger partial charge is 0.433 e. The van der Waals surface area contributed by atoms with E-state index in [0.29, 0.717) is 22.2 Å². The molecule has 118 valence electrons. The topological polar surface area (TPSA) is 22.1 Å². The van der Waals surface area contributed by atoms with E-state index in [1.54, 1.807) is 42.5 Å². The summed E-state index contributed by atoms with van der Waals surface area (Å²) in [7, 11) is 1.52. The van der Waals surface area contributed by atoms with Gasteiger partial charge in [0.2, 0.25) is 0 Å². The first-order valence-corrected chi connectivity index (χ1v) is 7.03. The molecule has 0 spiro atoms. The van der Waals surface area contributed by atoms with Crippen molar-refractivity contribution in [3.05, 3.63) is 59.8 Å². The molecule has 2 nitrogen and oxygen atoms in total. The van der Waals surface area contributed by atoms with E-state index in [-0.39, 0.29) is 5.56 Å². The van der Waals surface area contributed by atoms with Crippen molar-refractivity contribution < 1.29 is 17.9 Å². The third kappa shape index (κ3) is 2.74. The molecule has 3 rings (SSSR count). The maximum atomic E-state index is 13.3. The summed E-state index contributed by atoms with van der Waals surface area (Å²) in [5, 5.41) is 0.640. The fraction of sp³-hybridized carbons (Fsp3) is 0.167. The minimum absolute atomic E-state index is 0.115. The molecule has 23 heavy (non-hydrogen) atoms. The molecule has 1 aromatic heterocycles. The number of alkyl halides is 3. The van der Waals surface area contributed by atoms with Gasteiger partial charge >= 0.3 is 6.18 Å². The number of nitrogens with zero attached hydrogens (tertiary/aromatic N) is 1. The van der Waals surface area contributed by atoms with Crippen molar-refractivity contribution in [1.82, 2.24) is 4.98 Å². The molecule has 0 aliphatic heterocycles. The molecule has 0 saturated carbocycles. The number of pyridine rings is 1. The number of methoxy groups -OCH3 is 1. The SMILES string of the molecule is COc1ccc2nc(C(F)(F)F)c(C)c(-c3ccccc3)c2c1. The normalized spacial score (nSPS) is 11.7. The summed E-state index contributed by atoms with van der Waals surface area (Å²) in [6.45, 7) is 1.46. The maximum Gasteiger partial charge on any atom is 0.433 e. The molecule has 0 unspecified atom stereocenters. The molecule has 1 heterocycles. The fourth-order valence-corrected chi connectivity index (χ4v) is 2.72. The van der Waals surface area contributed by atoms with Crippen LogP contribution in [0.4, 0.5) is 13.2 Å². The summed E-state index contributed by atoms with van der Waals surface area (Å²) >= 11 is 0. The molecule has 0 amide bonds. The number of halogens is 3. The molecule has 0 N–H and O–H groups in total. The van der Waals surface area contributed by atoms with Crippen molar-refractivity contribution in [3.8, 4) is 16.9 Å². The van der Waals surface area contributed by atoms with Crippen LogP contribution in [-0.2, 0) is 6.18 Å². The lowest BCUT2D eigenvalue weighted by atomic mass is 9.94. The molecule has 0 bridgehead atoms. The van der Waals surface area contributed by atoms with Crippen LogP contribution in [0.3, 0.4) is 0 Å². The highest BCUT2D eigenvalue weighted by Crippen LogP contribution is 2.39. The standard InChI is InChI=1S/C18H14F3NO/c1-11-16(12-6-4-3-5-7-12)14-10-13(23-2)8-9-15(14)22-17(11)18(19,20)21/h3-10H,1-2H3. The van der Waals surface area contributed by atoms with Gasteiger partial charge in [0, 0.05) is 5.39 Å². The van der Waals surface area contributed by atoms with E-state index in [1.807, 2.05) is 6.07 Å². The van der Waals surface area contributed by atoms with E-state index in [0.717, 1.165) is 5.56 Å². The monoisotopic (exact) mass is 317 g/mol. The van der Waals surface area contributed by atoms with Gasteiger partial charge in [0.1, 0.15) is 11.4 Å². The second-order valence-electron chi connectivity index (χ2n) is 5.21. The maximum absolute atomic E-state index is 13.3. The Bertz CT molecular complexity index is 858. The van der Waals surface area contributed by atoms with Crippen molar-refractivity contribution in [1.29, 1.82) is 0 Å². The zero-order valence-electron chi connectivity index (χ0n) is 12.6. The Morgan fingerprint density at radius 2 is 1.70 bits per heavy atom. The second-order valence-corrected chi connectivity index (χ2v) is 5.21. The number of rotatable bonds is 2. The fourth-order valence-electron chi connectivity index (χ4n) is 2.72. The highest BCUT2D eigenvalue weighted by atomic mass is 19.4. The van der Waals surface area contributed by atoms with Crippen LogP contribution in [0.5, 0.6) is 5.75 Å². The summed E-state index contributed by atoms with van der Waals surface area (Å²) in [6, 6.07) is 13.9. The quantitative estimate of drug-likeness (QED) is 0.645. The van der Waals surface area contributed by atoms with Crippen LogP contribution in [0.25, 0.3) is 22.0 Å². The first-order valence-electron chi connectivity index (χ1n) is 7.03. The molecule has 0 atom stereocenters. The predicted molar refractivity (Wildman–Crippen MR) is 83.5 cm³/mol. The van der Waals surface area contributed by atoms with Gasteiger partial charge in [-0.2, -0.15) is 13.2 Å². The zero-order chi connectivity index (χ0) is 16.6. The van der Waals surface area contributed by atoms with Crippen molar-refractivity contribution >= 4 is 10.9 Å². The van der Waals surface area contributed by atoms with Crippen LogP contribution < -0.4 is 4.74 Å². The Hall–Kier alpha value is -2.56. The summed E-state index contributed by atoms with van der Waals surface area (Å²) in [5.74, 6) is 0.579. The first kappa shape index (κ1) is 15.3. The van der Waals surface area contributed by atoms with Crippen LogP contribution >= 0.6 is 0 Å². The average Bonchev–Trinajstić information content (AvgIpc) is 2.53. The molecule has 3 aromatic rings.